The summed E-state index contributed by atoms with van der Waals surface area (Å²) in [7, 11) is 0. The Morgan fingerprint density at radius 3 is 2.20 bits per heavy atom. The molecule has 0 aliphatic heterocycles. The predicted octanol–water partition coefficient (Wildman–Crippen LogP) is 6.17. The lowest BCUT2D eigenvalue weighted by atomic mass is 10.1. The van der Waals surface area contributed by atoms with Gasteiger partial charge in [-0.15, -0.1) is 0 Å². The monoisotopic (exact) mass is 488 g/mol. The van der Waals surface area contributed by atoms with Gasteiger partial charge < -0.3 is 10.2 Å². The van der Waals surface area contributed by atoms with Gasteiger partial charge in [0.1, 0.15) is 6.04 Å². The van der Waals surface area contributed by atoms with Crippen molar-refractivity contribution in [2.45, 2.75) is 52.2 Å². The molecule has 2 amide bonds. The highest BCUT2D eigenvalue weighted by Gasteiger charge is 2.29. The molecule has 1 N–H and O–H groups in total. The second kappa shape index (κ2) is 10.2. The molecule has 4 nitrogen and oxygen atoms in total. The van der Waals surface area contributed by atoms with Crippen molar-refractivity contribution >= 4 is 58.2 Å². The number of nitrogens with one attached hydrogen (secondary N) is 1. The third-order valence-electron chi connectivity index (χ3n) is 4.36. The Morgan fingerprint density at radius 1 is 0.967 bits per heavy atom. The van der Waals surface area contributed by atoms with Crippen LogP contribution in [0, 0.1) is 0 Å². The van der Waals surface area contributed by atoms with Gasteiger partial charge in [0.2, 0.25) is 11.8 Å². The SMILES string of the molecule is C[C@@H](C(=O)NC(C)(C)C)N(Cc1ccc(Cl)cc1Cl)C(=O)Cc1ccc(Cl)c(Cl)c1. The van der Waals surface area contributed by atoms with Gasteiger partial charge in [0.15, 0.2) is 0 Å². The molecule has 0 unspecified atom stereocenters. The molecule has 0 aliphatic rings. The van der Waals surface area contributed by atoms with E-state index in [1.807, 2.05) is 20.8 Å². The van der Waals surface area contributed by atoms with Crippen molar-refractivity contribution in [3.63, 3.8) is 0 Å². The van der Waals surface area contributed by atoms with Gasteiger partial charge in [-0.3, -0.25) is 9.59 Å². The largest absolute Gasteiger partial charge is 0.350 e. The first kappa shape index (κ1) is 24.8. The van der Waals surface area contributed by atoms with Crippen LogP contribution in [-0.2, 0) is 22.6 Å². The minimum atomic E-state index is -0.716. The predicted molar refractivity (Wildman–Crippen MR) is 125 cm³/mol. The maximum atomic E-state index is 13.2. The Bertz CT molecular complexity index is 941. The van der Waals surface area contributed by atoms with E-state index in [9.17, 15) is 9.59 Å². The number of hydrogen-bond donors (Lipinski definition) is 1. The second-order valence-corrected chi connectivity index (χ2v) is 9.76. The molecule has 2 rings (SSSR count). The molecule has 1 atom stereocenters. The highest BCUT2D eigenvalue weighted by atomic mass is 35.5. The molecule has 0 bridgehead atoms. The maximum absolute atomic E-state index is 13.2. The summed E-state index contributed by atoms with van der Waals surface area (Å²) in [4.78, 5) is 27.5. The van der Waals surface area contributed by atoms with E-state index in [-0.39, 0.29) is 24.8 Å². The standard InChI is InChI=1S/C22H24Cl4N2O2/c1-13(21(30)27-22(2,3)4)28(12-15-6-7-16(23)11-18(15)25)20(29)10-14-5-8-17(24)19(26)9-14/h5-9,11,13H,10,12H2,1-4H3,(H,27,30)/t13-/m0/s1. The number of nitrogens with zero attached hydrogens (tertiary/aromatic N) is 1. The van der Waals surface area contributed by atoms with E-state index in [0.717, 1.165) is 0 Å². The molecular weight excluding hydrogens is 466 g/mol. The van der Waals surface area contributed by atoms with E-state index >= 15 is 0 Å². The van der Waals surface area contributed by atoms with E-state index in [4.69, 9.17) is 46.4 Å². The maximum Gasteiger partial charge on any atom is 0.242 e. The van der Waals surface area contributed by atoms with E-state index in [0.29, 0.717) is 31.2 Å². The summed E-state index contributed by atoms with van der Waals surface area (Å²) in [5, 5.41) is 4.62. The number of hydrogen-bond acceptors (Lipinski definition) is 2. The third-order valence-corrected chi connectivity index (χ3v) is 5.69. The number of amides is 2. The number of rotatable bonds is 6. The molecule has 0 saturated carbocycles. The summed E-state index contributed by atoms with van der Waals surface area (Å²) in [6.45, 7) is 7.51. The first-order valence-electron chi connectivity index (χ1n) is 9.36. The Balaban J connectivity index is 2.32. The van der Waals surface area contributed by atoms with Gasteiger partial charge in [-0.2, -0.15) is 0 Å². The molecule has 0 aliphatic carbocycles. The molecule has 0 saturated heterocycles. The summed E-state index contributed by atoms with van der Waals surface area (Å²) >= 11 is 24.3. The molecule has 2 aromatic rings. The van der Waals surface area contributed by atoms with Crippen LogP contribution >= 0.6 is 46.4 Å². The Labute approximate surface area is 197 Å². The molecular formula is C22H24Cl4N2O2. The van der Waals surface area contributed by atoms with Crippen LogP contribution < -0.4 is 5.32 Å². The molecule has 8 heteroatoms. The number of benzene rings is 2. The van der Waals surface area contributed by atoms with Crippen LogP contribution in [0.3, 0.4) is 0 Å². The average molecular weight is 490 g/mol. The van der Waals surface area contributed by atoms with Crippen molar-refractivity contribution in [2.24, 2.45) is 0 Å². The van der Waals surface area contributed by atoms with Gasteiger partial charge in [-0.1, -0.05) is 58.5 Å². The lowest BCUT2D eigenvalue weighted by molar-refractivity contribution is -0.140. The average Bonchev–Trinajstić information content (AvgIpc) is 2.62. The van der Waals surface area contributed by atoms with Crippen molar-refractivity contribution in [1.82, 2.24) is 10.2 Å². The fourth-order valence-electron chi connectivity index (χ4n) is 2.82. The van der Waals surface area contributed by atoms with Gasteiger partial charge in [0, 0.05) is 22.1 Å². The summed E-state index contributed by atoms with van der Waals surface area (Å²) < 4.78 is 0. The van der Waals surface area contributed by atoms with Crippen molar-refractivity contribution in [3.8, 4) is 0 Å². The van der Waals surface area contributed by atoms with Crippen molar-refractivity contribution in [2.75, 3.05) is 0 Å². The van der Waals surface area contributed by atoms with Crippen molar-refractivity contribution in [1.29, 1.82) is 0 Å². The van der Waals surface area contributed by atoms with Gasteiger partial charge in [0.05, 0.1) is 16.5 Å². The topological polar surface area (TPSA) is 49.4 Å². The molecule has 162 valence electrons. The fraction of sp³-hybridized carbons (Fsp3) is 0.364. The molecule has 0 radical (unpaired) electrons. The molecule has 30 heavy (non-hydrogen) atoms. The van der Waals surface area contributed by atoms with Gasteiger partial charge in [-0.05, 0) is 63.1 Å². The van der Waals surface area contributed by atoms with Crippen LogP contribution in [0.1, 0.15) is 38.8 Å². The van der Waals surface area contributed by atoms with Crippen LogP contribution in [0.25, 0.3) is 0 Å². The smallest absolute Gasteiger partial charge is 0.242 e. The van der Waals surface area contributed by atoms with Crippen molar-refractivity contribution < 1.29 is 9.59 Å². The summed E-state index contributed by atoms with van der Waals surface area (Å²) in [5.74, 6) is -0.494. The normalized spacial score (nSPS) is 12.4. The first-order valence-corrected chi connectivity index (χ1v) is 10.9. The molecule has 0 aromatic heterocycles. The van der Waals surface area contributed by atoms with E-state index < -0.39 is 11.6 Å². The van der Waals surface area contributed by atoms with Crippen LogP contribution in [0.4, 0.5) is 0 Å². The highest BCUT2D eigenvalue weighted by Crippen LogP contribution is 2.25. The third kappa shape index (κ3) is 7.05. The molecule has 0 fully saturated rings. The summed E-state index contributed by atoms with van der Waals surface area (Å²) in [6, 6.07) is 9.37. The zero-order valence-electron chi connectivity index (χ0n) is 17.2. The Morgan fingerprint density at radius 2 is 1.63 bits per heavy atom. The Hall–Kier alpha value is -1.46. The molecule has 0 spiro atoms. The summed E-state index contributed by atoms with van der Waals surface area (Å²) in [6.07, 6.45) is 0.0647. The first-order chi connectivity index (χ1) is 13.9. The lowest BCUT2D eigenvalue weighted by Gasteiger charge is -2.32. The van der Waals surface area contributed by atoms with Crippen LogP contribution in [-0.4, -0.2) is 28.3 Å². The number of carbonyl (C=O) groups is 2. The van der Waals surface area contributed by atoms with Crippen LogP contribution in [0.15, 0.2) is 36.4 Å². The van der Waals surface area contributed by atoms with E-state index in [1.165, 1.54) is 4.90 Å². The number of carbonyl (C=O) groups excluding carboxylic acids is 2. The molecule has 0 heterocycles. The second-order valence-electron chi connectivity index (χ2n) is 8.10. The summed E-state index contributed by atoms with van der Waals surface area (Å²) in [5.41, 5.74) is 0.964. The Kier molecular flexibility index (Phi) is 8.46. The lowest BCUT2D eigenvalue weighted by Crippen LogP contribution is -2.52. The number of halogens is 4. The zero-order valence-corrected chi connectivity index (χ0v) is 20.3. The van der Waals surface area contributed by atoms with Crippen LogP contribution in [0.2, 0.25) is 20.1 Å². The molecule has 2 aromatic carbocycles. The highest BCUT2D eigenvalue weighted by molar-refractivity contribution is 6.42. The minimum Gasteiger partial charge on any atom is -0.350 e. The van der Waals surface area contributed by atoms with E-state index in [2.05, 4.69) is 5.32 Å². The zero-order chi connectivity index (χ0) is 22.6. The fourth-order valence-corrected chi connectivity index (χ4v) is 3.60. The van der Waals surface area contributed by atoms with Crippen LogP contribution in [0.5, 0.6) is 0 Å². The minimum absolute atomic E-state index is 0.0647. The quantitative estimate of drug-likeness (QED) is 0.527. The van der Waals surface area contributed by atoms with Gasteiger partial charge in [0.25, 0.3) is 0 Å². The van der Waals surface area contributed by atoms with Crippen molar-refractivity contribution in [3.05, 3.63) is 67.6 Å². The van der Waals surface area contributed by atoms with Gasteiger partial charge >= 0.3 is 0 Å². The van der Waals surface area contributed by atoms with Gasteiger partial charge in [-0.25, -0.2) is 0 Å². The van der Waals surface area contributed by atoms with E-state index in [1.54, 1.807) is 43.3 Å².